The van der Waals surface area contributed by atoms with Gasteiger partial charge in [-0.15, -0.1) is 24.8 Å². The van der Waals surface area contributed by atoms with Gasteiger partial charge in [-0.3, -0.25) is 14.5 Å². The largest absolute Gasteiger partial charge is 0.369 e. The lowest BCUT2D eigenvalue weighted by molar-refractivity contribution is -0.137. The monoisotopic (exact) mass is 489 g/mol. The van der Waals surface area contributed by atoms with Crippen molar-refractivity contribution in [3.8, 4) is 0 Å². The molecular weight excluding hydrogens is 456 g/mol. The fourth-order valence-electron chi connectivity index (χ4n) is 5.09. The van der Waals surface area contributed by atoms with E-state index in [-0.39, 0.29) is 60.4 Å². The van der Waals surface area contributed by atoms with Gasteiger partial charge in [0, 0.05) is 57.5 Å². The highest BCUT2D eigenvalue weighted by molar-refractivity contribution is 5.86. The number of likely N-dealkylation sites (tertiary alicyclic amines) is 1. The van der Waals surface area contributed by atoms with E-state index in [4.69, 9.17) is 5.73 Å². The van der Waals surface area contributed by atoms with Gasteiger partial charge in [0.15, 0.2) is 0 Å². The van der Waals surface area contributed by atoms with Crippen molar-refractivity contribution in [2.45, 2.75) is 31.7 Å². The third kappa shape index (κ3) is 5.84. The molecule has 10 heteroatoms. The summed E-state index contributed by atoms with van der Waals surface area (Å²) in [6, 6.07) is 6.91. The van der Waals surface area contributed by atoms with Crippen LogP contribution >= 0.6 is 24.8 Å². The quantitative estimate of drug-likeness (QED) is 0.656. The van der Waals surface area contributed by atoms with Crippen LogP contribution in [0.5, 0.6) is 0 Å². The van der Waals surface area contributed by atoms with Gasteiger partial charge in [0.05, 0.1) is 12.0 Å². The van der Waals surface area contributed by atoms with Crippen molar-refractivity contribution < 1.29 is 14.0 Å². The minimum Gasteiger partial charge on any atom is -0.369 e. The zero-order valence-electron chi connectivity index (χ0n) is 18.3. The fourth-order valence-corrected chi connectivity index (χ4v) is 5.09. The van der Waals surface area contributed by atoms with Crippen LogP contribution in [0.4, 0.5) is 10.1 Å². The lowest BCUT2D eigenvalue weighted by atomic mass is 9.75. The summed E-state index contributed by atoms with van der Waals surface area (Å²) in [7, 11) is 0. The lowest BCUT2D eigenvalue weighted by Gasteiger charge is -2.37. The van der Waals surface area contributed by atoms with E-state index in [1.165, 1.54) is 12.1 Å². The van der Waals surface area contributed by atoms with Crippen LogP contribution in [-0.2, 0) is 9.59 Å². The van der Waals surface area contributed by atoms with Crippen molar-refractivity contribution in [1.82, 2.24) is 15.1 Å². The van der Waals surface area contributed by atoms with Crippen molar-refractivity contribution in [2.75, 3.05) is 57.3 Å². The van der Waals surface area contributed by atoms with Gasteiger partial charge in [-0.1, -0.05) is 0 Å². The Labute approximate surface area is 201 Å². The molecule has 7 nitrogen and oxygen atoms in total. The summed E-state index contributed by atoms with van der Waals surface area (Å²) in [5, 5.41) is 3.21. The highest BCUT2D eigenvalue weighted by atomic mass is 35.5. The number of hydrogen-bond acceptors (Lipinski definition) is 5. The molecule has 2 amide bonds. The minimum atomic E-state index is -0.308. The Morgan fingerprint density at radius 1 is 1.06 bits per heavy atom. The zero-order chi connectivity index (χ0) is 21.1. The molecule has 3 N–H and O–H groups in total. The van der Waals surface area contributed by atoms with Crippen molar-refractivity contribution in [3.05, 3.63) is 30.1 Å². The number of piperazine rings is 1. The fraction of sp³-hybridized carbons (Fsp3) is 0.636. The Kier molecular flexibility index (Phi) is 9.57. The highest BCUT2D eigenvalue weighted by Gasteiger charge is 2.48. The summed E-state index contributed by atoms with van der Waals surface area (Å²) in [6.07, 6.45) is 3.29. The second kappa shape index (κ2) is 11.5. The van der Waals surface area contributed by atoms with E-state index in [0.29, 0.717) is 13.1 Å². The maximum Gasteiger partial charge on any atom is 0.236 e. The van der Waals surface area contributed by atoms with Crippen molar-refractivity contribution >= 4 is 42.3 Å². The number of benzene rings is 1. The predicted octanol–water partition coefficient (Wildman–Crippen LogP) is 1.64. The molecule has 0 saturated carbocycles. The third-order valence-corrected chi connectivity index (χ3v) is 7.06. The van der Waals surface area contributed by atoms with Crippen LogP contribution in [0.1, 0.15) is 25.7 Å². The van der Waals surface area contributed by atoms with Gasteiger partial charge < -0.3 is 20.9 Å². The molecule has 1 atom stereocenters. The maximum atomic E-state index is 13.1. The molecule has 32 heavy (non-hydrogen) atoms. The summed E-state index contributed by atoms with van der Waals surface area (Å²) in [5.41, 5.74) is 6.22. The molecule has 1 unspecified atom stereocenters. The first-order valence-electron chi connectivity index (χ1n) is 11.0. The normalized spacial score (nSPS) is 22.8. The molecule has 4 rings (SSSR count). The Hall–Kier alpha value is -1.61. The molecule has 0 bridgehead atoms. The van der Waals surface area contributed by atoms with Gasteiger partial charge in [0.2, 0.25) is 11.8 Å². The van der Waals surface area contributed by atoms with E-state index < -0.39 is 0 Å². The van der Waals surface area contributed by atoms with Gasteiger partial charge in [0.25, 0.3) is 0 Å². The van der Waals surface area contributed by atoms with Gasteiger partial charge in [-0.05, 0) is 49.9 Å². The summed E-state index contributed by atoms with van der Waals surface area (Å²) >= 11 is 0. The molecule has 1 aromatic rings. The third-order valence-electron chi connectivity index (χ3n) is 7.06. The van der Waals surface area contributed by atoms with Gasteiger partial charge in [-0.2, -0.15) is 0 Å². The molecule has 3 aliphatic rings. The average molecular weight is 490 g/mol. The molecule has 0 aromatic heterocycles. The summed E-state index contributed by atoms with van der Waals surface area (Å²) in [5.74, 6) is -0.0708. The smallest absolute Gasteiger partial charge is 0.236 e. The van der Waals surface area contributed by atoms with Gasteiger partial charge in [0.1, 0.15) is 5.82 Å². The molecule has 0 aliphatic carbocycles. The second-order valence-corrected chi connectivity index (χ2v) is 8.83. The first kappa shape index (κ1) is 26.6. The van der Waals surface area contributed by atoms with Crippen LogP contribution in [0.2, 0.25) is 0 Å². The standard InChI is InChI=1S/C22H32FN5O2.2ClH/c23-17-1-3-19(4-2-17)27-13-11-26(12-14-27)8-5-18-15-22(21(30)25-18)6-9-28(10-7-22)20(29)16-24;;/h1-4,18H,5-16,24H2,(H,25,30);2*1H. The number of nitrogens with one attached hydrogen (secondary N) is 1. The summed E-state index contributed by atoms with van der Waals surface area (Å²) in [4.78, 5) is 31.0. The summed E-state index contributed by atoms with van der Waals surface area (Å²) in [6.45, 7) is 6.06. The number of nitrogens with two attached hydrogens (primary N) is 1. The van der Waals surface area contributed by atoms with E-state index >= 15 is 0 Å². The lowest BCUT2D eigenvalue weighted by Crippen LogP contribution is -2.47. The predicted molar refractivity (Wildman–Crippen MR) is 128 cm³/mol. The molecule has 0 radical (unpaired) electrons. The number of carbonyl (C=O) groups excluding carboxylic acids is 2. The number of rotatable bonds is 5. The average Bonchev–Trinajstić information content (AvgIpc) is 3.08. The van der Waals surface area contributed by atoms with Crippen LogP contribution in [0.3, 0.4) is 0 Å². The number of piperidine rings is 1. The topological polar surface area (TPSA) is 81.9 Å². The first-order chi connectivity index (χ1) is 14.5. The molecule has 3 fully saturated rings. The molecule has 3 heterocycles. The van der Waals surface area contributed by atoms with Crippen molar-refractivity contribution in [2.24, 2.45) is 11.1 Å². The Balaban J connectivity index is 0.00000181. The van der Waals surface area contributed by atoms with Gasteiger partial charge in [-0.25, -0.2) is 4.39 Å². The molecule has 3 aliphatic heterocycles. The number of carbonyl (C=O) groups is 2. The van der Waals surface area contributed by atoms with E-state index in [9.17, 15) is 14.0 Å². The number of amides is 2. The number of anilines is 1. The van der Waals surface area contributed by atoms with Crippen LogP contribution < -0.4 is 16.0 Å². The number of hydrogen-bond donors (Lipinski definition) is 2. The molecule has 180 valence electrons. The molecular formula is C22H34Cl2FN5O2. The molecule has 1 spiro atoms. The van der Waals surface area contributed by atoms with Crippen LogP contribution in [0.15, 0.2) is 24.3 Å². The number of nitrogens with zero attached hydrogens (tertiary/aromatic N) is 3. The van der Waals surface area contributed by atoms with E-state index in [0.717, 1.165) is 64.1 Å². The van der Waals surface area contributed by atoms with Crippen LogP contribution in [0, 0.1) is 11.2 Å². The van der Waals surface area contributed by atoms with Crippen molar-refractivity contribution in [1.29, 1.82) is 0 Å². The maximum absolute atomic E-state index is 13.1. The van der Waals surface area contributed by atoms with Crippen LogP contribution in [-0.4, -0.2) is 80.0 Å². The van der Waals surface area contributed by atoms with Crippen molar-refractivity contribution in [3.63, 3.8) is 0 Å². The SMILES string of the molecule is Cl.Cl.NCC(=O)N1CCC2(CC1)CC(CCN1CCN(c3ccc(F)cc3)CC1)NC2=O. The minimum absolute atomic E-state index is 0. The highest BCUT2D eigenvalue weighted by Crippen LogP contribution is 2.41. The Morgan fingerprint density at radius 2 is 1.69 bits per heavy atom. The summed E-state index contributed by atoms with van der Waals surface area (Å²) < 4.78 is 13.1. The van der Waals surface area contributed by atoms with Gasteiger partial charge >= 0.3 is 0 Å². The van der Waals surface area contributed by atoms with E-state index in [1.54, 1.807) is 4.90 Å². The first-order valence-corrected chi connectivity index (χ1v) is 11.0. The Morgan fingerprint density at radius 3 is 2.28 bits per heavy atom. The Bertz CT molecular complexity index is 766. The molecule has 1 aromatic carbocycles. The van der Waals surface area contributed by atoms with E-state index in [2.05, 4.69) is 15.1 Å². The number of halogens is 3. The van der Waals surface area contributed by atoms with E-state index in [1.807, 2.05) is 12.1 Å². The zero-order valence-corrected chi connectivity index (χ0v) is 19.9. The second-order valence-electron chi connectivity index (χ2n) is 8.83. The van der Waals surface area contributed by atoms with Crippen LogP contribution in [0.25, 0.3) is 0 Å². The molecule has 3 saturated heterocycles.